The van der Waals surface area contributed by atoms with Gasteiger partial charge in [-0.15, -0.1) is 0 Å². The molecule has 0 spiro atoms. The fourth-order valence-electron chi connectivity index (χ4n) is 2.75. The maximum Gasteiger partial charge on any atom is 0.291 e. The van der Waals surface area contributed by atoms with Gasteiger partial charge in [0.25, 0.3) is 5.91 Å². The van der Waals surface area contributed by atoms with E-state index in [1.165, 1.54) is 6.07 Å². The van der Waals surface area contributed by atoms with Gasteiger partial charge in [0.05, 0.1) is 5.39 Å². The molecule has 25 heavy (non-hydrogen) atoms. The molecule has 128 valence electrons. The van der Waals surface area contributed by atoms with Crippen LogP contribution in [0.25, 0.3) is 11.0 Å². The molecule has 1 aromatic heterocycles. The monoisotopic (exact) mass is 336 g/mol. The molecule has 0 aliphatic carbocycles. The number of nitrogens with one attached hydrogen (secondary N) is 1. The average molecular weight is 336 g/mol. The minimum atomic E-state index is -0.446. The molecule has 5 nitrogen and oxygen atoms in total. The number of nitrogens with zero attached hydrogens (tertiary/aromatic N) is 1. The van der Waals surface area contributed by atoms with Crippen LogP contribution in [0.15, 0.2) is 63.8 Å². The van der Waals surface area contributed by atoms with Gasteiger partial charge in [-0.05, 0) is 50.2 Å². The number of benzene rings is 2. The van der Waals surface area contributed by atoms with Crippen LogP contribution in [0, 0.1) is 0 Å². The number of amides is 1. The van der Waals surface area contributed by atoms with E-state index in [9.17, 15) is 9.59 Å². The van der Waals surface area contributed by atoms with E-state index in [2.05, 4.69) is 24.1 Å². The molecule has 0 aliphatic rings. The minimum Gasteiger partial charge on any atom is -0.451 e. The molecular weight excluding hydrogens is 316 g/mol. The Morgan fingerprint density at radius 3 is 2.40 bits per heavy atom. The third-order valence-electron chi connectivity index (χ3n) is 4.11. The van der Waals surface area contributed by atoms with Gasteiger partial charge < -0.3 is 14.6 Å². The highest BCUT2D eigenvalue weighted by Crippen LogP contribution is 2.19. The van der Waals surface area contributed by atoms with Crippen LogP contribution in [-0.2, 0) is 0 Å². The largest absolute Gasteiger partial charge is 0.451 e. The highest BCUT2D eigenvalue weighted by molar-refractivity contribution is 6.03. The van der Waals surface area contributed by atoms with E-state index in [0.717, 1.165) is 18.8 Å². The van der Waals surface area contributed by atoms with Crippen LogP contribution in [0.5, 0.6) is 0 Å². The smallest absolute Gasteiger partial charge is 0.291 e. The first-order valence-corrected chi connectivity index (χ1v) is 8.31. The van der Waals surface area contributed by atoms with E-state index in [-0.39, 0.29) is 11.2 Å². The van der Waals surface area contributed by atoms with E-state index in [0.29, 0.717) is 16.7 Å². The first-order valence-electron chi connectivity index (χ1n) is 8.31. The predicted octanol–water partition coefficient (Wildman–Crippen LogP) is 3.89. The van der Waals surface area contributed by atoms with Crippen LogP contribution in [0.2, 0.25) is 0 Å². The number of carbonyl (C=O) groups excluding carboxylic acids is 1. The summed E-state index contributed by atoms with van der Waals surface area (Å²) in [5.74, 6) is -0.449. The third kappa shape index (κ3) is 3.55. The van der Waals surface area contributed by atoms with Gasteiger partial charge in [0.2, 0.25) is 0 Å². The van der Waals surface area contributed by atoms with Gasteiger partial charge in [-0.1, -0.05) is 12.1 Å². The summed E-state index contributed by atoms with van der Waals surface area (Å²) in [5.41, 5.74) is 1.91. The van der Waals surface area contributed by atoms with Gasteiger partial charge in [-0.25, -0.2) is 0 Å². The van der Waals surface area contributed by atoms with Crippen molar-refractivity contribution in [2.75, 3.05) is 23.3 Å². The Bertz CT molecular complexity index is 941. The molecule has 3 rings (SSSR count). The lowest BCUT2D eigenvalue weighted by atomic mass is 10.2. The quantitative estimate of drug-likeness (QED) is 0.768. The standard InChI is InChI=1S/C20H20N2O3/c1-3-22(4-2)15-11-9-14(10-12-15)21-20(24)19-13-17(23)16-7-5-6-8-18(16)25-19/h5-13H,3-4H2,1-2H3,(H,21,24). The van der Waals surface area contributed by atoms with Gasteiger partial charge in [0.1, 0.15) is 5.58 Å². The van der Waals surface area contributed by atoms with E-state index < -0.39 is 5.91 Å². The van der Waals surface area contributed by atoms with Crippen molar-refractivity contribution in [3.05, 3.63) is 70.6 Å². The molecule has 3 aromatic rings. The van der Waals surface area contributed by atoms with Crippen molar-refractivity contribution in [1.82, 2.24) is 0 Å². The maximum atomic E-state index is 12.4. The van der Waals surface area contributed by atoms with E-state index in [1.807, 2.05) is 24.3 Å². The molecule has 1 amide bonds. The summed E-state index contributed by atoms with van der Waals surface area (Å²) in [6, 6.07) is 15.7. The highest BCUT2D eigenvalue weighted by Gasteiger charge is 2.12. The van der Waals surface area contributed by atoms with Gasteiger partial charge in [-0.2, -0.15) is 0 Å². The number of anilines is 2. The molecule has 0 unspecified atom stereocenters. The number of carbonyl (C=O) groups is 1. The summed E-state index contributed by atoms with van der Waals surface area (Å²) in [5, 5.41) is 3.22. The van der Waals surface area contributed by atoms with Crippen molar-refractivity contribution in [3.63, 3.8) is 0 Å². The molecule has 0 saturated heterocycles. The molecule has 5 heteroatoms. The molecule has 0 fully saturated rings. The summed E-state index contributed by atoms with van der Waals surface area (Å²) in [6.45, 7) is 6.04. The molecule has 1 N–H and O–H groups in total. The number of hydrogen-bond acceptors (Lipinski definition) is 4. The topological polar surface area (TPSA) is 62.6 Å². The first-order chi connectivity index (χ1) is 12.1. The van der Waals surface area contributed by atoms with Crippen LogP contribution in [0.3, 0.4) is 0 Å². The second-order valence-corrected chi connectivity index (χ2v) is 5.64. The molecule has 2 aromatic carbocycles. The Morgan fingerprint density at radius 2 is 1.72 bits per heavy atom. The van der Waals surface area contributed by atoms with Gasteiger partial charge in [-0.3, -0.25) is 9.59 Å². The summed E-state index contributed by atoms with van der Waals surface area (Å²) >= 11 is 0. The SMILES string of the molecule is CCN(CC)c1ccc(NC(=O)c2cc(=O)c3ccccc3o2)cc1. The molecule has 0 saturated carbocycles. The van der Waals surface area contributed by atoms with Crippen molar-refractivity contribution >= 4 is 28.3 Å². The van der Waals surface area contributed by atoms with Gasteiger partial charge in [0, 0.05) is 30.5 Å². The Labute approximate surface area is 145 Å². The summed E-state index contributed by atoms with van der Waals surface area (Å²) in [6.07, 6.45) is 0. The second-order valence-electron chi connectivity index (χ2n) is 5.64. The van der Waals surface area contributed by atoms with Crippen molar-refractivity contribution in [2.45, 2.75) is 13.8 Å². The van der Waals surface area contributed by atoms with E-state index in [4.69, 9.17) is 4.42 Å². The minimum absolute atomic E-state index is 0.00322. The molecule has 0 atom stereocenters. The lowest BCUT2D eigenvalue weighted by Gasteiger charge is -2.21. The van der Waals surface area contributed by atoms with Crippen LogP contribution in [-0.4, -0.2) is 19.0 Å². The number of fused-ring (bicyclic) bond motifs is 1. The zero-order valence-electron chi connectivity index (χ0n) is 14.3. The molecule has 0 radical (unpaired) electrons. The molecule has 0 bridgehead atoms. The summed E-state index contributed by atoms with van der Waals surface area (Å²) < 4.78 is 5.55. The zero-order valence-corrected chi connectivity index (χ0v) is 14.3. The Morgan fingerprint density at radius 1 is 1.04 bits per heavy atom. The fourth-order valence-corrected chi connectivity index (χ4v) is 2.75. The van der Waals surface area contributed by atoms with Gasteiger partial charge in [0.15, 0.2) is 11.2 Å². The van der Waals surface area contributed by atoms with E-state index in [1.54, 1.807) is 24.3 Å². The average Bonchev–Trinajstić information content (AvgIpc) is 2.64. The van der Waals surface area contributed by atoms with Crippen LogP contribution in [0.4, 0.5) is 11.4 Å². The predicted molar refractivity (Wildman–Crippen MR) is 100 cm³/mol. The highest BCUT2D eigenvalue weighted by atomic mass is 16.3. The molecular formula is C20H20N2O3. The van der Waals surface area contributed by atoms with Crippen molar-refractivity contribution in [1.29, 1.82) is 0 Å². The first kappa shape index (κ1) is 16.8. The summed E-state index contributed by atoms with van der Waals surface area (Å²) in [7, 11) is 0. The van der Waals surface area contributed by atoms with Crippen molar-refractivity contribution in [2.24, 2.45) is 0 Å². The maximum absolute atomic E-state index is 12.4. The Balaban J connectivity index is 1.81. The Kier molecular flexibility index (Phi) is 4.84. The zero-order chi connectivity index (χ0) is 17.8. The third-order valence-corrected chi connectivity index (χ3v) is 4.11. The lowest BCUT2D eigenvalue weighted by molar-refractivity contribution is 0.0997. The number of para-hydroxylation sites is 1. The van der Waals surface area contributed by atoms with Crippen LogP contribution < -0.4 is 15.6 Å². The Hall–Kier alpha value is -3.08. The van der Waals surface area contributed by atoms with Crippen molar-refractivity contribution in [3.8, 4) is 0 Å². The summed E-state index contributed by atoms with van der Waals surface area (Å²) in [4.78, 5) is 26.7. The molecule has 0 aliphatic heterocycles. The van der Waals surface area contributed by atoms with Crippen LogP contribution in [0.1, 0.15) is 24.4 Å². The van der Waals surface area contributed by atoms with Gasteiger partial charge >= 0.3 is 0 Å². The number of rotatable bonds is 5. The van der Waals surface area contributed by atoms with E-state index >= 15 is 0 Å². The van der Waals surface area contributed by atoms with Crippen molar-refractivity contribution < 1.29 is 9.21 Å². The fraction of sp³-hybridized carbons (Fsp3) is 0.200. The van der Waals surface area contributed by atoms with Crippen LogP contribution >= 0.6 is 0 Å². The molecule has 1 heterocycles. The second kappa shape index (κ2) is 7.21. The normalized spacial score (nSPS) is 10.6. The lowest BCUT2D eigenvalue weighted by Crippen LogP contribution is -2.21. The number of hydrogen-bond donors (Lipinski definition) is 1.